The number of hydrogen-bond donors (Lipinski definition) is 3. The standard InChI is InChI=1S/C27H25BrN2O5/c1-2-16(25(31)30-24-12-11-17(28)13-22(24)26(32)33)14-29-27(34)35-15-23-20-9-5-3-7-18(20)19-8-4-6-10-21(19)23/h3-13,16,23H,2,14-15H2,1H3,(H,29,34)(H,30,31)(H,32,33). The third-order valence-corrected chi connectivity index (χ3v) is 6.66. The van der Waals surface area contributed by atoms with Gasteiger partial charge in [0.15, 0.2) is 0 Å². The molecule has 8 heteroatoms. The van der Waals surface area contributed by atoms with E-state index in [4.69, 9.17) is 4.74 Å². The highest BCUT2D eigenvalue weighted by Crippen LogP contribution is 2.44. The first-order valence-corrected chi connectivity index (χ1v) is 12.1. The number of amides is 2. The molecule has 180 valence electrons. The maximum Gasteiger partial charge on any atom is 0.407 e. The Morgan fingerprint density at radius 1 is 1.00 bits per heavy atom. The molecule has 7 nitrogen and oxygen atoms in total. The van der Waals surface area contributed by atoms with Gasteiger partial charge in [0.2, 0.25) is 5.91 Å². The lowest BCUT2D eigenvalue weighted by atomic mass is 9.98. The van der Waals surface area contributed by atoms with Crippen LogP contribution in [0.15, 0.2) is 71.2 Å². The van der Waals surface area contributed by atoms with E-state index in [2.05, 4.69) is 38.7 Å². The molecule has 2 amide bonds. The number of anilines is 1. The fourth-order valence-electron chi connectivity index (χ4n) is 4.32. The van der Waals surface area contributed by atoms with E-state index in [0.29, 0.717) is 10.9 Å². The number of aromatic carboxylic acids is 1. The molecule has 1 atom stereocenters. The second-order valence-electron chi connectivity index (χ2n) is 8.30. The van der Waals surface area contributed by atoms with E-state index in [1.54, 1.807) is 6.07 Å². The van der Waals surface area contributed by atoms with Crippen LogP contribution in [0.25, 0.3) is 11.1 Å². The number of alkyl carbamates (subject to hydrolysis) is 1. The third kappa shape index (κ3) is 5.38. The summed E-state index contributed by atoms with van der Waals surface area (Å²) in [5.74, 6) is -2.13. The van der Waals surface area contributed by atoms with E-state index < -0.39 is 18.0 Å². The van der Waals surface area contributed by atoms with E-state index in [-0.39, 0.29) is 36.2 Å². The molecule has 0 aliphatic heterocycles. The predicted octanol–water partition coefficient (Wildman–Crippen LogP) is 5.65. The molecule has 0 saturated heterocycles. The zero-order chi connectivity index (χ0) is 24.9. The molecule has 1 unspecified atom stereocenters. The summed E-state index contributed by atoms with van der Waals surface area (Å²) in [7, 11) is 0. The SMILES string of the molecule is CCC(CNC(=O)OCC1c2ccccc2-c2ccccc21)C(=O)Nc1ccc(Br)cc1C(=O)O. The largest absolute Gasteiger partial charge is 0.478 e. The number of hydrogen-bond acceptors (Lipinski definition) is 4. The molecule has 3 aromatic rings. The zero-order valence-corrected chi connectivity index (χ0v) is 20.7. The summed E-state index contributed by atoms with van der Waals surface area (Å²) in [5, 5.41) is 14.7. The average molecular weight is 537 g/mol. The topological polar surface area (TPSA) is 105 Å². The third-order valence-electron chi connectivity index (χ3n) is 6.17. The molecule has 1 aliphatic carbocycles. The molecule has 0 aromatic heterocycles. The number of ether oxygens (including phenoxy) is 1. The van der Waals surface area contributed by atoms with Crippen molar-refractivity contribution in [2.75, 3.05) is 18.5 Å². The van der Waals surface area contributed by atoms with Crippen LogP contribution in [0.4, 0.5) is 10.5 Å². The first-order valence-electron chi connectivity index (χ1n) is 11.3. The van der Waals surface area contributed by atoms with Crippen LogP contribution in [-0.2, 0) is 9.53 Å². The Morgan fingerprint density at radius 2 is 1.63 bits per heavy atom. The van der Waals surface area contributed by atoms with Crippen LogP contribution >= 0.6 is 15.9 Å². The van der Waals surface area contributed by atoms with Gasteiger partial charge in [-0.05, 0) is 46.9 Å². The maximum absolute atomic E-state index is 12.7. The Balaban J connectivity index is 1.35. The number of fused-ring (bicyclic) bond motifs is 3. The summed E-state index contributed by atoms with van der Waals surface area (Å²) in [6, 6.07) is 20.8. The lowest BCUT2D eigenvalue weighted by Gasteiger charge is -2.18. The van der Waals surface area contributed by atoms with Gasteiger partial charge in [-0.2, -0.15) is 0 Å². The molecule has 3 aromatic carbocycles. The molecule has 0 saturated carbocycles. The van der Waals surface area contributed by atoms with E-state index in [0.717, 1.165) is 22.3 Å². The van der Waals surface area contributed by atoms with E-state index in [9.17, 15) is 19.5 Å². The van der Waals surface area contributed by atoms with Crippen molar-refractivity contribution in [1.29, 1.82) is 0 Å². The number of carbonyl (C=O) groups is 3. The smallest absolute Gasteiger partial charge is 0.407 e. The van der Waals surface area contributed by atoms with Crippen LogP contribution in [0.5, 0.6) is 0 Å². The Kier molecular flexibility index (Phi) is 7.51. The summed E-state index contributed by atoms with van der Waals surface area (Å²) < 4.78 is 6.13. The van der Waals surface area contributed by atoms with E-state index in [1.807, 2.05) is 43.3 Å². The van der Waals surface area contributed by atoms with E-state index >= 15 is 0 Å². The van der Waals surface area contributed by atoms with Crippen LogP contribution < -0.4 is 10.6 Å². The number of halogens is 1. The summed E-state index contributed by atoms with van der Waals surface area (Å²) in [6.45, 7) is 2.07. The minimum atomic E-state index is -1.15. The van der Waals surface area contributed by atoms with Crippen LogP contribution in [-0.4, -0.2) is 36.2 Å². The summed E-state index contributed by atoms with van der Waals surface area (Å²) in [5.41, 5.74) is 4.71. The molecule has 0 fully saturated rings. The number of carbonyl (C=O) groups excluding carboxylic acids is 2. The van der Waals surface area contributed by atoms with Gasteiger partial charge in [0.05, 0.1) is 17.2 Å². The Labute approximate surface area is 211 Å². The maximum atomic E-state index is 12.7. The lowest BCUT2D eigenvalue weighted by Crippen LogP contribution is -2.36. The van der Waals surface area contributed by atoms with Crippen LogP contribution in [0.3, 0.4) is 0 Å². The summed E-state index contributed by atoms with van der Waals surface area (Å²) in [6.07, 6.45) is -0.151. The Hall–Kier alpha value is -3.65. The minimum absolute atomic E-state index is 0.0212. The highest BCUT2D eigenvalue weighted by Gasteiger charge is 2.29. The van der Waals surface area contributed by atoms with Crippen molar-refractivity contribution < 1.29 is 24.2 Å². The summed E-state index contributed by atoms with van der Waals surface area (Å²) in [4.78, 5) is 36.7. The predicted molar refractivity (Wildman–Crippen MR) is 137 cm³/mol. The zero-order valence-electron chi connectivity index (χ0n) is 19.1. The van der Waals surface area contributed by atoms with Gasteiger partial charge in [-0.15, -0.1) is 0 Å². The van der Waals surface area contributed by atoms with Gasteiger partial charge in [0, 0.05) is 16.9 Å². The first kappa shape index (κ1) is 24.5. The second-order valence-corrected chi connectivity index (χ2v) is 9.21. The van der Waals surface area contributed by atoms with Crippen LogP contribution in [0.2, 0.25) is 0 Å². The number of benzene rings is 3. The monoisotopic (exact) mass is 536 g/mol. The van der Waals surface area contributed by atoms with Crippen molar-refractivity contribution in [3.63, 3.8) is 0 Å². The lowest BCUT2D eigenvalue weighted by molar-refractivity contribution is -0.119. The van der Waals surface area contributed by atoms with Gasteiger partial charge in [0.1, 0.15) is 6.61 Å². The van der Waals surface area contributed by atoms with Crippen LogP contribution in [0, 0.1) is 5.92 Å². The first-order chi connectivity index (χ1) is 16.9. The van der Waals surface area contributed by atoms with Crippen molar-refractivity contribution in [1.82, 2.24) is 5.32 Å². The molecular weight excluding hydrogens is 512 g/mol. The fourth-order valence-corrected chi connectivity index (χ4v) is 4.68. The van der Waals surface area contributed by atoms with Gasteiger partial charge in [-0.3, -0.25) is 4.79 Å². The molecule has 35 heavy (non-hydrogen) atoms. The van der Waals surface area contributed by atoms with Gasteiger partial charge < -0.3 is 20.5 Å². The van der Waals surface area contributed by atoms with Crippen molar-refractivity contribution >= 4 is 39.6 Å². The molecule has 3 N–H and O–H groups in total. The van der Waals surface area contributed by atoms with E-state index in [1.165, 1.54) is 12.1 Å². The van der Waals surface area contributed by atoms with Gasteiger partial charge in [0.25, 0.3) is 0 Å². The number of carboxylic acid groups (broad SMARTS) is 1. The molecule has 1 aliphatic rings. The van der Waals surface area contributed by atoms with Gasteiger partial charge >= 0.3 is 12.1 Å². The number of nitrogens with one attached hydrogen (secondary N) is 2. The van der Waals surface area contributed by atoms with Gasteiger partial charge in [-0.1, -0.05) is 71.4 Å². The molecule has 4 rings (SSSR count). The number of rotatable bonds is 8. The van der Waals surface area contributed by atoms with Crippen molar-refractivity contribution in [3.05, 3.63) is 87.9 Å². The van der Waals surface area contributed by atoms with Crippen molar-refractivity contribution in [2.45, 2.75) is 19.3 Å². The molecule has 0 heterocycles. The van der Waals surface area contributed by atoms with Crippen molar-refractivity contribution in [3.8, 4) is 11.1 Å². The Bertz CT molecular complexity index is 1230. The average Bonchev–Trinajstić information content (AvgIpc) is 3.18. The van der Waals surface area contributed by atoms with Crippen molar-refractivity contribution in [2.24, 2.45) is 5.92 Å². The number of carboxylic acids is 1. The second kappa shape index (κ2) is 10.7. The normalized spacial score (nSPS) is 12.9. The van der Waals surface area contributed by atoms with Crippen LogP contribution in [0.1, 0.15) is 40.7 Å². The molecule has 0 radical (unpaired) electrons. The Morgan fingerprint density at radius 3 is 2.23 bits per heavy atom. The highest BCUT2D eigenvalue weighted by atomic mass is 79.9. The molecule has 0 spiro atoms. The summed E-state index contributed by atoms with van der Waals surface area (Å²) >= 11 is 3.23. The molecular formula is C27H25BrN2O5. The minimum Gasteiger partial charge on any atom is -0.478 e. The van der Waals surface area contributed by atoms with Gasteiger partial charge in [-0.25, -0.2) is 9.59 Å². The molecule has 0 bridgehead atoms. The highest BCUT2D eigenvalue weighted by molar-refractivity contribution is 9.10. The fraction of sp³-hybridized carbons (Fsp3) is 0.222. The quantitative estimate of drug-likeness (QED) is 0.345.